The molecular weight excluding hydrogens is 230 g/mol. The third kappa shape index (κ3) is 5.17. The SMILES string of the molecule is CC(C)CCC(O)Cc1nc(C(C)(C)C)cs1. The Labute approximate surface area is 109 Å². The maximum atomic E-state index is 9.93. The number of aliphatic hydroxyl groups excluding tert-OH is 1. The molecule has 1 N–H and O–H groups in total. The molecule has 2 nitrogen and oxygen atoms in total. The van der Waals surface area contributed by atoms with E-state index in [0.717, 1.165) is 23.5 Å². The highest BCUT2D eigenvalue weighted by Gasteiger charge is 2.18. The molecule has 0 fully saturated rings. The second-order valence-electron chi connectivity index (χ2n) is 6.21. The van der Waals surface area contributed by atoms with Gasteiger partial charge in [0, 0.05) is 17.2 Å². The van der Waals surface area contributed by atoms with Crippen LogP contribution in [-0.4, -0.2) is 16.2 Å². The molecule has 0 amide bonds. The van der Waals surface area contributed by atoms with Crippen LogP contribution in [0, 0.1) is 5.92 Å². The average molecular weight is 255 g/mol. The van der Waals surface area contributed by atoms with Gasteiger partial charge in [-0.3, -0.25) is 0 Å². The number of aliphatic hydroxyl groups is 1. The lowest BCUT2D eigenvalue weighted by Crippen LogP contribution is -2.14. The van der Waals surface area contributed by atoms with Crippen molar-refractivity contribution in [3.8, 4) is 0 Å². The normalized spacial score (nSPS) is 14.3. The summed E-state index contributed by atoms with van der Waals surface area (Å²) in [7, 11) is 0. The van der Waals surface area contributed by atoms with Gasteiger partial charge in [-0.15, -0.1) is 11.3 Å². The van der Waals surface area contributed by atoms with Gasteiger partial charge in [-0.2, -0.15) is 0 Å². The lowest BCUT2D eigenvalue weighted by atomic mass is 9.93. The van der Waals surface area contributed by atoms with Gasteiger partial charge in [0.25, 0.3) is 0 Å². The van der Waals surface area contributed by atoms with E-state index < -0.39 is 0 Å². The summed E-state index contributed by atoms with van der Waals surface area (Å²) >= 11 is 1.67. The molecule has 17 heavy (non-hydrogen) atoms. The smallest absolute Gasteiger partial charge is 0.0954 e. The molecular formula is C14H25NOS. The van der Waals surface area contributed by atoms with Crippen molar-refractivity contribution < 1.29 is 5.11 Å². The Bertz CT molecular complexity index is 338. The fourth-order valence-corrected chi connectivity index (χ4v) is 2.67. The minimum absolute atomic E-state index is 0.109. The van der Waals surface area contributed by atoms with Gasteiger partial charge in [-0.1, -0.05) is 34.6 Å². The fraction of sp³-hybridized carbons (Fsp3) is 0.786. The van der Waals surface area contributed by atoms with Gasteiger partial charge < -0.3 is 5.11 Å². The summed E-state index contributed by atoms with van der Waals surface area (Å²) in [5, 5.41) is 13.1. The van der Waals surface area contributed by atoms with E-state index in [1.807, 2.05) is 0 Å². The number of rotatable bonds is 5. The lowest BCUT2D eigenvalue weighted by molar-refractivity contribution is 0.156. The van der Waals surface area contributed by atoms with Crippen molar-refractivity contribution in [2.45, 2.75) is 65.4 Å². The Morgan fingerprint density at radius 2 is 1.94 bits per heavy atom. The first-order chi connectivity index (χ1) is 7.79. The van der Waals surface area contributed by atoms with Crippen LogP contribution in [0.15, 0.2) is 5.38 Å². The Morgan fingerprint density at radius 1 is 1.29 bits per heavy atom. The van der Waals surface area contributed by atoms with E-state index in [1.54, 1.807) is 11.3 Å². The number of nitrogens with zero attached hydrogens (tertiary/aromatic N) is 1. The topological polar surface area (TPSA) is 33.1 Å². The molecule has 0 bridgehead atoms. The summed E-state index contributed by atoms with van der Waals surface area (Å²) < 4.78 is 0. The molecule has 1 atom stereocenters. The van der Waals surface area contributed by atoms with E-state index in [4.69, 9.17) is 0 Å². The Morgan fingerprint density at radius 3 is 2.41 bits per heavy atom. The van der Waals surface area contributed by atoms with Gasteiger partial charge in [-0.05, 0) is 18.8 Å². The standard InChI is InChI=1S/C14H25NOS/c1-10(2)6-7-11(16)8-13-15-12(9-17-13)14(3,4)5/h9-11,16H,6-8H2,1-5H3. The molecule has 0 aliphatic heterocycles. The van der Waals surface area contributed by atoms with Gasteiger partial charge in [0.1, 0.15) is 0 Å². The van der Waals surface area contributed by atoms with Crippen LogP contribution in [0.4, 0.5) is 0 Å². The van der Waals surface area contributed by atoms with Crippen LogP contribution in [0.5, 0.6) is 0 Å². The van der Waals surface area contributed by atoms with Crippen LogP contribution in [0.2, 0.25) is 0 Å². The highest BCUT2D eigenvalue weighted by Crippen LogP contribution is 2.24. The average Bonchev–Trinajstić information content (AvgIpc) is 2.62. The van der Waals surface area contributed by atoms with Crippen LogP contribution in [0.1, 0.15) is 58.2 Å². The summed E-state index contributed by atoms with van der Waals surface area (Å²) in [5.41, 5.74) is 1.24. The minimum atomic E-state index is -0.239. The first-order valence-electron chi connectivity index (χ1n) is 6.42. The van der Waals surface area contributed by atoms with Gasteiger partial charge in [0.05, 0.1) is 16.8 Å². The fourth-order valence-electron chi connectivity index (χ4n) is 1.58. The summed E-state index contributed by atoms with van der Waals surface area (Å²) in [5.74, 6) is 0.658. The maximum absolute atomic E-state index is 9.93. The van der Waals surface area contributed by atoms with Gasteiger partial charge in [-0.25, -0.2) is 4.98 Å². The molecule has 0 saturated heterocycles. The van der Waals surface area contributed by atoms with Crippen molar-refractivity contribution in [3.63, 3.8) is 0 Å². The Balaban J connectivity index is 2.49. The Hall–Kier alpha value is -0.410. The molecule has 3 heteroatoms. The zero-order valence-corrected chi connectivity index (χ0v) is 12.5. The van der Waals surface area contributed by atoms with Gasteiger partial charge in [0.2, 0.25) is 0 Å². The molecule has 1 aromatic rings. The summed E-state index contributed by atoms with van der Waals surface area (Å²) in [6, 6.07) is 0. The molecule has 0 aromatic carbocycles. The van der Waals surface area contributed by atoms with E-state index in [1.165, 1.54) is 0 Å². The van der Waals surface area contributed by atoms with Crippen LogP contribution in [0.25, 0.3) is 0 Å². The third-order valence-electron chi connectivity index (χ3n) is 2.81. The lowest BCUT2D eigenvalue weighted by Gasteiger charge is -2.14. The molecule has 0 spiro atoms. The summed E-state index contributed by atoms with van der Waals surface area (Å²) in [6.45, 7) is 10.9. The Kier molecular flexibility index (Phi) is 5.14. The van der Waals surface area contributed by atoms with Gasteiger partial charge >= 0.3 is 0 Å². The third-order valence-corrected chi connectivity index (χ3v) is 3.68. The number of hydrogen-bond donors (Lipinski definition) is 1. The van der Waals surface area contributed by atoms with Crippen molar-refractivity contribution in [2.75, 3.05) is 0 Å². The van der Waals surface area contributed by atoms with E-state index in [-0.39, 0.29) is 11.5 Å². The predicted molar refractivity (Wildman–Crippen MR) is 74.6 cm³/mol. The summed E-state index contributed by atoms with van der Waals surface area (Å²) in [6.07, 6.45) is 2.42. The largest absolute Gasteiger partial charge is 0.393 e. The van der Waals surface area contributed by atoms with Crippen molar-refractivity contribution in [3.05, 3.63) is 16.1 Å². The van der Waals surface area contributed by atoms with Gasteiger partial charge in [0.15, 0.2) is 0 Å². The van der Waals surface area contributed by atoms with Crippen molar-refractivity contribution in [2.24, 2.45) is 5.92 Å². The maximum Gasteiger partial charge on any atom is 0.0954 e. The van der Waals surface area contributed by atoms with Crippen LogP contribution < -0.4 is 0 Å². The highest BCUT2D eigenvalue weighted by atomic mass is 32.1. The molecule has 0 aliphatic carbocycles. The first kappa shape index (κ1) is 14.7. The van der Waals surface area contributed by atoms with E-state index in [9.17, 15) is 5.11 Å². The zero-order chi connectivity index (χ0) is 13.1. The van der Waals surface area contributed by atoms with E-state index in [0.29, 0.717) is 12.3 Å². The molecule has 98 valence electrons. The molecule has 0 aliphatic rings. The molecule has 1 aromatic heterocycles. The van der Waals surface area contributed by atoms with Crippen molar-refractivity contribution >= 4 is 11.3 Å². The van der Waals surface area contributed by atoms with Crippen molar-refractivity contribution in [1.82, 2.24) is 4.98 Å². The molecule has 1 rings (SSSR count). The van der Waals surface area contributed by atoms with Crippen LogP contribution in [0.3, 0.4) is 0 Å². The van der Waals surface area contributed by atoms with E-state index in [2.05, 4.69) is 45.0 Å². The highest BCUT2D eigenvalue weighted by molar-refractivity contribution is 7.09. The van der Waals surface area contributed by atoms with Crippen LogP contribution >= 0.6 is 11.3 Å². The minimum Gasteiger partial charge on any atom is -0.393 e. The van der Waals surface area contributed by atoms with E-state index >= 15 is 0 Å². The second-order valence-corrected chi connectivity index (χ2v) is 7.15. The monoisotopic (exact) mass is 255 g/mol. The molecule has 0 saturated carbocycles. The molecule has 0 radical (unpaired) electrons. The number of aromatic nitrogens is 1. The van der Waals surface area contributed by atoms with Crippen LogP contribution in [-0.2, 0) is 11.8 Å². The zero-order valence-electron chi connectivity index (χ0n) is 11.7. The summed E-state index contributed by atoms with van der Waals surface area (Å²) in [4.78, 5) is 4.61. The first-order valence-corrected chi connectivity index (χ1v) is 7.30. The second kappa shape index (κ2) is 5.96. The quantitative estimate of drug-likeness (QED) is 0.868. The molecule has 1 unspecified atom stereocenters. The number of thiazole rings is 1. The number of hydrogen-bond acceptors (Lipinski definition) is 3. The van der Waals surface area contributed by atoms with Crippen molar-refractivity contribution in [1.29, 1.82) is 0 Å². The molecule has 1 heterocycles. The predicted octanol–water partition coefficient (Wildman–Crippen LogP) is 3.78.